The number of aliphatic hydroxyl groups excluding tert-OH is 1. The largest absolute Gasteiger partial charge is 0.390 e. The standard InChI is InChI=1S/C14H29NO3.C11H23NO.2Y/c1-13(2)7-12(8-14(3,4)15(13)5)18-10-11(16)9-17-6;1-9(2)7-11(5,13)8-10(3,4)12(9)6;;/h11-12,16H,7-10H2,1-6H3;13H,7-8H2,1-6H3;;. The van der Waals surface area contributed by atoms with Crippen molar-refractivity contribution in [1.29, 1.82) is 0 Å². The molecule has 0 saturated carbocycles. The maximum atomic E-state index is 10.1. The fraction of sp³-hybridized carbons (Fsp3) is 1.00. The van der Waals surface area contributed by atoms with Crippen LogP contribution in [0.25, 0.3) is 0 Å². The number of methoxy groups -OCH3 is 1. The van der Waals surface area contributed by atoms with E-state index in [0.29, 0.717) is 13.2 Å². The Kier molecular flexibility index (Phi) is 15.4. The minimum absolute atomic E-state index is 0. The Balaban J connectivity index is 0. The van der Waals surface area contributed by atoms with Crippen molar-refractivity contribution in [3.05, 3.63) is 0 Å². The Morgan fingerprint density at radius 2 is 1.12 bits per heavy atom. The first-order chi connectivity index (χ1) is 13.8. The van der Waals surface area contributed by atoms with Crippen molar-refractivity contribution in [3.8, 4) is 0 Å². The summed E-state index contributed by atoms with van der Waals surface area (Å²) in [5.74, 6) is 0. The second-order valence-corrected chi connectivity index (χ2v) is 12.7. The predicted molar refractivity (Wildman–Crippen MR) is 129 cm³/mol. The third kappa shape index (κ3) is 11.1. The van der Waals surface area contributed by atoms with E-state index in [4.69, 9.17) is 9.47 Å². The van der Waals surface area contributed by atoms with Crippen LogP contribution in [0.1, 0.15) is 88.0 Å². The van der Waals surface area contributed by atoms with Crippen LogP contribution < -0.4 is 0 Å². The summed E-state index contributed by atoms with van der Waals surface area (Å²) in [7, 11) is 5.91. The molecule has 1 atom stereocenters. The van der Waals surface area contributed by atoms with Gasteiger partial charge in [-0.3, -0.25) is 9.80 Å². The first-order valence-corrected chi connectivity index (χ1v) is 11.7. The van der Waals surface area contributed by atoms with Crippen LogP contribution in [0.4, 0.5) is 0 Å². The van der Waals surface area contributed by atoms with Crippen molar-refractivity contribution >= 4 is 0 Å². The summed E-state index contributed by atoms with van der Waals surface area (Å²) >= 11 is 0. The zero-order valence-corrected chi connectivity index (χ0v) is 29.3. The molecule has 0 bridgehead atoms. The number of nitrogens with zero attached hydrogens (tertiary/aromatic N) is 2. The summed E-state index contributed by atoms with van der Waals surface area (Å²) in [4.78, 5) is 4.80. The van der Waals surface area contributed by atoms with Gasteiger partial charge in [0, 0.05) is 94.7 Å². The maximum absolute atomic E-state index is 10.1. The molecule has 2 fully saturated rings. The average Bonchev–Trinajstić information content (AvgIpc) is 2.54. The summed E-state index contributed by atoms with van der Waals surface area (Å²) in [5.41, 5.74) is -0.0900. The van der Waals surface area contributed by atoms with E-state index in [1.54, 1.807) is 7.11 Å². The number of piperidine rings is 2. The fourth-order valence-corrected chi connectivity index (χ4v) is 5.87. The molecule has 0 spiro atoms. The predicted octanol–water partition coefficient (Wildman–Crippen LogP) is 3.68. The maximum Gasteiger partial charge on any atom is 0.101 e. The minimum Gasteiger partial charge on any atom is -0.390 e. The van der Waals surface area contributed by atoms with Gasteiger partial charge in [-0.05, 0) is 102 Å². The molecule has 2 N–H and O–H groups in total. The van der Waals surface area contributed by atoms with Gasteiger partial charge >= 0.3 is 0 Å². The van der Waals surface area contributed by atoms with Gasteiger partial charge < -0.3 is 19.7 Å². The number of ether oxygens (including phenoxy) is 2. The van der Waals surface area contributed by atoms with E-state index in [-0.39, 0.29) is 93.7 Å². The van der Waals surface area contributed by atoms with Crippen LogP contribution >= 0.6 is 0 Å². The van der Waals surface area contributed by atoms with Gasteiger partial charge in [-0.25, -0.2) is 0 Å². The Labute approximate surface area is 255 Å². The summed E-state index contributed by atoms with van der Waals surface area (Å²) in [6.45, 7) is 20.4. The topological polar surface area (TPSA) is 65.4 Å². The van der Waals surface area contributed by atoms with Gasteiger partial charge in [0.2, 0.25) is 0 Å². The molecule has 2 saturated heterocycles. The molecular formula is C25H52N2O4Y2. The van der Waals surface area contributed by atoms with Crippen LogP contribution in [0.15, 0.2) is 0 Å². The molecule has 0 aromatic carbocycles. The van der Waals surface area contributed by atoms with Crippen LogP contribution in [0.2, 0.25) is 0 Å². The zero-order valence-electron chi connectivity index (χ0n) is 23.7. The number of hydrogen-bond donors (Lipinski definition) is 2. The number of hydrogen-bond acceptors (Lipinski definition) is 6. The summed E-state index contributed by atoms with van der Waals surface area (Å²) < 4.78 is 10.8. The van der Waals surface area contributed by atoms with Crippen LogP contribution in [0.3, 0.4) is 0 Å². The molecule has 2 aliphatic heterocycles. The van der Waals surface area contributed by atoms with Crippen LogP contribution in [0, 0.1) is 0 Å². The molecule has 0 aromatic heterocycles. The van der Waals surface area contributed by atoms with Gasteiger partial charge in [0.25, 0.3) is 0 Å². The van der Waals surface area contributed by atoms with Crippen molar-refractivity contribution < 1.29 is 85.1 Å². The van der Waals surface area contributed by atoms with Crippen LogP contribution in [-0.4, -0.2) is 94.4 Å². The van der Waals surface area contributed by atoms with Gasteiger partial charge in [0.05, 0.1) is 24.9 Å². The second kappa shape index (κ2) is 13.7. The van der Waals surface area contributed by atoms with Gasteiger partial charge in [-0.1, -0.05) is 0 Å². The van der Waals surface area contributed by atoms with E-state index in [1.165, 1.54) is 0 Å². The second-order valence-electron chi connectivity index (χ2n) is 12.7. The van der Waals surface area contributed by atoms with E-state index < -0.39 is 11.7 Å². The quantitative estimate of drug-likeness (QED) is 0.488. The van der Waals surface area contributed by atoms with Crippen LogP contribution in [-0.2, 0) is 74.9 Å². The first kappa shape index (κ1) is 37.1. The van der Waals surface area contributed by atoms with E-state index in [2.05, 4.69) is 79.3 Å². The van der Waals surface area contributed by atoms with Gasteiger partial charge in [0.15, 0.2) is 0 Å². The molecular weight excluding hydrogens is 570 g/mol. The van der Waals surface area contributed by atoms with Gasteiger partial charge in [-0.2, -0.15) is 0 Å². The smallest absolute Gasteiger partial charge is 0.101 e. The van der Waals surface area contributed by atoms with Gasteiger partial charge in [-0.15, -0.1) is 0 Å². The van der Waals surface area contributed by atoms with E-state index >= 15 is 0 Å². The molecule has 2 aliphatic rings. The Morgan fingerprint density at radius 3 is 1.48 bits per heavy atom. The summed E-state index contributed by atoms with van der Waals surface area (Å²) in [6, 6.07) is 0. The monoisotopic (exact) mass is 622 g/mol. The number of likely N-dealkylation sites (tertiary alicyclic amines) is 2. The first-order valence-electron chi connectivity index (χ1n) is 11.7. The normalized spacial score (nSPS) is 26.7. The molecule has 0 aliphatic carbocycles. The third-order valence-corrected chi connectivity index (χ3v) is 7.60. The molecule has 33 heavy (non-hydrogen) atoms. The Bertz CT molecular complexity index is 545. The third-order valence-electron chi connectivity index (χ3n) is 7.60. The molecule has 8 heteroatoms. The van der Waals surface area contributed by atoms with Crippen molar-refractivity contribution in [3.63, 3.8) is 0 Å². The molecule has 2 radical (unpaired) electrons. The molecule has 2 rings (SSSR count). The Morgan fingerprint density at radius 1 is 0.758 bits per heavy atom. The molecule has 1 unspecified atom stereocenters. The summed E-state index contributed by atoms with van der Waals surface area (Å²) in [6.07, 6.45) is 3.36. The number of rotatable bonds is 5. The molecule has 2 heterocycles. The average molecular weight is 623 g/mol. The van der Waals surface area contributed by atoms with Crippen molar-refractivity contribution in [2.24, 2.45) is 0 Å². The minimum atomic E-state index is -0.527. The molecule has 6 nitrogen and oxygen atoms in total. The fourth-order valence-electron chi connectivity index (χ4n) is 5.87. The van der Waals surface area contributed by atoms with Crippen molar-refractivity contribution in [2.45, 2.75) is 128 Å². The van der Waals surface area contributed by atoms with Crippen molar-refractivity contribution in [2.75, 3.05) is 34.4 Å². The molecule has 0 aromatic rings. The van der Waals surface area contributed by atoms with Crippen molar-refractivity contribution in [1.82, 2.24) is 9.80 Å². The van der Waals surface area contributed by atoms with E-state index in [0.717, 1.165) is 25.7 Å². The summed E-state index contributed by atoms with van der Waals surface area (Å²) in [5, 5.41) is 19.8. The Hall–Kier alpha value is 1.97. The zero-order chi connectivity index (χ0) is 24.5. The van der Waals surface area contributed by atoms with Crippen LogP contribution in [0.5, 0.6) is 0 Å². The van der Waals surface area contributed by atoms with E-state index in [1.807, 2.05) is 6.92 Å². The molecule has 192 valence electrons. The SMILES string of the molecule is CN1C(C)(C)CC(C)(O)CC1(C)C.COCC(O)COC1CC(C)(C)N(C)C(C)(C)C1.[Y].[Y]. The van der Waals surface area contributed by atoms with Gasteiger partial charge in [0.1, 0.15) is 6.10 Å². The number of aliphatic hydroxyl groups is 2. The molecule has 0 amide bonds. The van der Waals surface area contributed by atoms with E-state index in [9.17, 15) is 10.2 Å².